The summed E-state index contributed by atoms with van der Waals surface area (Å²) in [5.74, 6) is 0.0387. The number of unbranched alkanes of at least 4 members (excludes halogenated alkanes) is 1. The van der Waals surface area contributed by atoms with Crippen LogP contribution in [0, 0.1) is 6.92 Å². The van der Waals surface area contributed by atoms with E-state index in [1.807, 2.05) is 6.92 Å². The van der Waals surface area contributed by atoms with E-state index < -0.39 is 6.10 Å². The summed E-state index contributed by atoms with van der Waals surface area (Å²) < 4.78 is 7.26. The second-order valence-electron chi connectivity index (χ2n) is 6.65. The molecule has 0 bridgehead atoms. The summed E-state index contributed by atoms with van der Waals surface area (Å²) >= 11 is 6.38. The first-order chi connectivity index (χ1) is 13.4. The molecule has 1 aliphatic rings. The van der Waals surface area contributed by atoms with Gasteiger partial charge in [0.05, 0.1) is 11.4 Å². The number of nitrogens with one attached hydrogen (secondary N) is 2. The number of ether oxygens (including phenoxy) is 1. The summed E-state index contributed by atoms with van der Waals surface area (Å²) in [6, 6.07) is 5.09. The van der Waals surface area contributed by atoms with Crippen molar-refractivity contribution in [2.24, 2.45) is 0 Å². The van der Waals surface area contributed by atoms with E-state index in [1.165, 1.54) is 6.08 Å². The monoisotopic (exact) mass is 402 g/mol. The van der Waals surface area contributed by atoms with Gasteiger partial charge in [0.2, 0.25) is 5.91 Å². The molecule has 1 aromatic heterocycles. The number of anilines is 2. The van der Waals surface area contributed by atoms with E-state index in [0.29, 0.717) is 22.3 Å². The Kier molecular flexibility index (Phi) is 6.04. The van der Waals surface area contributed by atoms with Gasteiger partial charge in [0.15, 0.2) is 6.10 Å². The van der Waals surface area contributed by atoms with Crippen molar-refractivity contribution in [1.82, 2.24) is 9.78 Å². The van der Waals surface area contributed by atoms with Crippen molar-refractivity contribution in [2.45, 2.75) is 46.3 Å². The number of aromatic nitrogens is 2. The summed E-state index contributed by atoms with van der Waals surface area (Å²) in [4.78, 5) is 24.0. The van der Waals surface area contributed by atoms with Gasteiger partial charge in [-0.3, -0.25) is 14.3 Å². The highest BCUT2D eigenvalue weighted by atomic mass is 35.5. The Morgan fingerprint density at radius 1 is 1.46 bits per heavy atom. The first-order valence-electron chi connectivity index (χ1n) is 9.22. The molecule has 0 aliphatic carbocycles. The molecule has 2 amide bonds. The number of carbonyl (C=O) groups excluding carboxylic acids is 2. The van der Waals surface area contributed by atoms with Gasteiger partial charge >= 0.3 is 0 Å². The zero-order valence-electron chi connectivity index (χ0n) is 16.1. The van der Waals surface area contributed by atoms with Gasteiger partial charge in [0.1, 0.15) is 10.9 Å². The molecule has 0 saturated carbocycles. The van der Waals surface area contributed by atoms with Gasteiger partial charge in [-0.15, -0.1) is 0 Å². The Hall–Kier alpha value is -2.80. The third kappa shape index (κ3) is 4.36. The number of carbonyl (C=O) groups is 2. The lowest BCUT2D eigenvalue weighted by Crippen LogP contribution is -2.34. The fraction of sp³-hybridized carbons (Fsp3) is 0.350. The van der Waals surface area contributed by atoms with Gasteiger partial charge in [-0.05, 0) is 44.5 Å². The lowest BCUT2D eigenvalue weighted by Gasteiger charge is -2.23. The molecule has 1 aliphatic heterocycles. The van der Waals surface area contributed by atoms with Crippen LogP contribution in [0.4, 0.5) is 11.4 Å². The number of hydrogen-bond acceptors (Lipinski definition) is 4. The molecule has 0 spiro atoms. The van der Waals surface area contributed by atoms with E-state index in [2.05, 4.69) is 22.7 Å². The first kappa shape index (κ1) is 19.9. The highest BCUT2D eigenvalue weighted by molar-refractivity contribution is 6.31. The normalized spacial score (nSPS) is 15.9. The summed E-state index contributed by atoms with van der Waals surface area (Å²) in [7, 11) is 0. The van der Waals surface area contributed by atoms with Crippen molar-refractivity contribution in [1.29, 1.82) is 0 Å². The molecule has 2 N–H and O–H groups in total. The van der Waals surface area contributed by atoms with Gasteiger partial charge < -0.3 is 15.4 Å². The Balaban J connectivity index is 1.69. The number of halogens is 1. The van der Waals surface area contributed by atoms with E-state index in [0.717, 1.165) is 30.6 Å². The minimum Gasteiger partial charge on any atom is -0.479 e. The molecule has 2 heterocycles. The smallest absolute Gasteiger partial charge is 0.265 e. The number of hydrogen-bond donors (Lipinski definition) is 2. The van der Waals surface area contributed by atoms with Gasteiger partial charge in [-0.2, -0.15) is 5.10 Å². The van der Waals surface area contributed by atoms with Crippen LogP contribution in [-0.2, 0) is 16.1 Å². The molecule has 0 radical (unpaired) electrons. The van der Waals surface area contributed by atoms with Crippen LogP contribution in [0.3, 0.4) is 0 Å². The number of rotatable bonds is 6. The summed E-state index contributed by atoms with van der Waals surface area (Å²) in [5, 5.41) is 10.5. The summed E-state index contributed by atoms with van der Waals surface area (Å²) in [6.45, 7) is 6.39. The van der Waals surface area contributed by atoms with Gasteiger partial charge in [-0.1, -0.05) is 24.9 Å². The standard InChI is InChI=1S/C20H23ClN4O3/c1-4-5-10-25-19(21)15(12(2)24-25)7-9-18(26)22-14-6-8-17-16(11-14)23-20(27)13(3)28-17/h6-9,11,13H,4-5,10H2,1-3H3,(H,22,26)(H,23,27)/b9-7+. The van der Waals surface area contributed by atoms with E-state index in [-0.39, 0.29) is 11.8 Å². The Labute approximate surface area is 168 Å². The Morgan fingerprint density at radius 3 is 3.00 bits per heavy atom. The van der Waals surface area contributed by atoms with Crippen LogP contribution >= 0.6 is 11.6 Å². The predicted octanol–water partition coefficient (Wildman–Crippen LogP) is 4.02. The second kappa shape index (κ2) is 8.48. The largest absolute Gasteiger partial charge is 0.479 e. The van der Waals surface area contributed by atoms with Crippen molar-refractivity contribution in [3.63, 3.8) is 0 Å². The number of nitrogens with zero attached hydrogens (tertiary/aromatic N) is 2. The third-order valence-corrected chi connectivity index (χ3v) is 4.81. The summed E-state index contributed by atoms with van der Waals surface area (Å²) in [5.41, 5.74) is 2.58. The molecule has 1 atom stereocenters. The lowest BCUT2D eigenvalue weighted by atomic mass is 10.2. The van der Waals surface area contributed by atoms with Crippen LogP contribution < -0.4 is 15.4 Å². The zero-order chi connectivity index (χ0) is 20.3. The van der Waals surface area contributed by atoms with Crippen molar-refractivity contribution >= 4 is 40.9 Å². The van der Waals surface area contributed by atoms with E-state index in [4.69, 9.17) is 16.3 Å². The van der Waals surface area contributed by atoms with E-state index >= 15 is 0 Å². The molecule has 7 nitrogen and oxygen atoms in total. The number of amides is 2. The minimum absolute atomic E-state index is 0.221. The molecule has 3 rings (SSSR count). The maximum absolute atomic E-state index is 12.3. The minimum atomic E-state index is -0.540. The molecule has 8 heteroatoms. The molecule has 28 heavy (non-hydrogen) atoms. The van der Waals surface area contributed by atoms with Crippen LogP contribution in [0.25, 0.3) is 6.08 Å². The molecular weight excluding hydrogens is 380 g/mol. The number of aryl methyl sites for hydroxylation is 2. The fourth-order valence-corrected chi connectivity index (χ4v) is 3.16. The SMILES string of the molecule is CCCCn1nc(C)c(/C=C/C(=O)Nc2ccc3c(c2)NC(=O)C(C)O3)c1Cl. The summed E-state index contributed by atoms with van der Waals surface area (Å²) in [6.07, 6.45) is 4.57. The van der Waals surface area contributed by atoms with Crippen molar-refractivity contribution in [3.05, 3.63) is 40.7 Å². The number of benzene rings is 1. The predicted molar refractivity (Wildman–Crippen MR) is 110 cm³/mol. The molecule has 0 saturated heterocycles. The van der Waals surface area contributed by atoms with E-state index in [1.54, 1.807) is 35.9 Å². The molecular formula is C20H23ClN4O3. The van der Waals surface area contributed by atoms with Gasteiger partial charge in [0, 0.05) is 23.9 Å². The van der Waals surface area contributed by atoms with Crippen LogP contribution in [0.2, 0.25) is 5.15 Å². The maximum atomic E-state index is 12.3. The van der Waals surface area contributed by atoms with Crippen LogP contribution in [0.5, 0.6) is 5.75 Å². The van der Waals surface area contributed by atoms with Crippen molar-refractivity contribution in [2.75, 3.05) is 10.6 Å². The Morgan fingerprint density at radius 2 is 2.25 bits per heavy atom. The molecule has 1 aromatic carbocycles. The first-order valence-corrected chi connectivity index (χ1v) is 9.60. The van der Waals surface area contributed by atoms with Gasteiger partial charge in [-0.25, -0.2) is 0 Å². The quantitative estimate of drug-likeness (QED) is 0.714. The average Bonchev–Trinajstić information content (AvgIpc) is 2.92. The van der Waals surface area contributed by atoms with Crippen LogP contribution in [0.15, 0.2) is 24.3 Å². The third-order valence-electron chi connectivity index (χ3n) is 4.41. The average molecular weight is 403 g/mol. The topological polar surface area (TPSA) is 85.3 Å². The highest BCUT2D eigenvalue weighted by Crippen LogP contribution is 2.32. The lowest BCUT2D eigenvalue weighted by molar-refractivity contribution is -0.122. The van der Waals surface area contributed by atoms with Crippen molar-refractivity contribution in [3.8, 4) is 5.75 Å². The van der Waals surface area contributed by atoms with E-state index in [9.17, 15) is 9.59 Å². The molecule has 1 unspecified atom stereocenters. The zero-order valence-corrected chi connectivity index (χ0v) is 16.8. The highest BCUT2D eigenvalue weighted by Gasteiger charge is 2.23. The van der Waals surface area contributed by atoms with Crippen LogP contribution in [0.1, 0.15) is 37.9 Å². The molecule has 0 fully saturated rings. The van der Waals surface area contributed by atoms with Crippen LogP contribution in [-0.4, -0.2) is 27.7 Å². The molecule has 148 valence electrons. The molecule has 2 aromatic rings. The fourth-order valence-electron chi connectivity index (χ4n) is 2.84. The number of fused-ring (bicyclic) bond motifs is 1. The Bertz CT molecular complexity index is 936. The van der Waals surface area contributed by atoms with Crippen molar-refractivity contribution < 1.29 is 14.3 Å². The van der Waals surface area contributed by atoms with Gasteiger partial charge in [0.25, 0.3) is 5.91 Å². The second-order valence-corrected chi connectivity index (χ2v) is 7.01. The maximum Gasteiger partial charge on any atom is 0.265 e.